The molecule has 3 rings (SSSR count). The van der Waals surface area contributed by atoms with Crippen molar-refractivity contribution in [2.24, 2.45) is 5.73 Å². The summed E-state index contributed by atoms with van der Waals surface area (Å²) in [5.41, 5.74) is 7.35. The number of benzene rings is 2. The summed E-state index contributed by atoms with van der Waals surface area (Å²) >= 11 is 0. The van der Waals surface area contributed by atoms with E-state index >= 15 is 0 Å². The molecular weight excluding hydrogens is 508 g/mol. The quantitative estimate of drug-likeness (QED) is 0.215. The molecule has 0 bridgehead atoms. The van der Waals surface area contributed by atoms with E-state index in [0.29, 0.717) is 12.0 Å². The molecule has 12 heteroatoms. The Morgan fingerprint density at radius 2 is 1.54 bits per heavy atom. The lowest BCUT2D eigenvalue weighted by atomic mass is 10.0. The van der Waals surface area contributed by atoms with Crippen molar-refractivity contribution in [2.75, 3.05) is 6.54 Å². The molecule has 1 fully saturated rings. The van der Waals surface area contributed by atoms with Crippen molar-refractivity contribution in [3.05, 3.63) is 65.7 Å². The van der Waals surface area contributed by atoms with Gasteiger partial charge in [-0.2, -0.15) is 0 Å². The van der Waals surface area contributed by atoms with Crippen molar-refractivity contribution < 1.29 is 39.3 Å². The van der Waals surface area contributed by atoms with Crippen LogP contribution >= 0.6 is 0 Å². The highest BCUT2D eigenvalue weighted by Gasteiger charge is 2.39. The summed E-state index contributed by atoms with van der Waals surface area (Å²) in [4.78, 5) is 63.6. The average molecular weight is 541 g/mol. The van der Waals surface area contributed by atoms with Gasteiger partial charge in [0.2, 0.25) is 17.7 Å². The Balaban J connectivity index is 1.68. The smallest absolute Gasteiger partial charge is 0.326 e. The number of nitrogens with one attached hydrogen (secondary N) is 2. The minimum Gasteiger partial charge on any atom is -0.508 e. The highest BCUT2D eigenvalue weighted by atomic mass is 16.4. The second-order valence-electron chi connectivity index (χ2n) is 9.41. The number of phenolic OH excluding ortho intramolecular Hbond substituents is 1. The number of amides is 3. The minimum absolute atomic E-state index is 0.0128. The van der Waals surface area contributed by atoms with Gasteiger partial charge >= 0.3 is 11.9 Å². The molecule has 0 saturated carbocycles. The van der Waals surface area contributed by atoms with Gasteiger partial charge in [0.25, 0.3) is 0 Å². The van der Waals surface area contributed by atoms with Gasteiger partial charge in [0.1, 0.15) is 23.9 Å². The van der Waals surface area contributed by atoms with Crippen LogP contribution in [0.15, 0.2) is 54.6 Å². The van der Waals surface area contributed by atoms with Crippen molar-refractivity contribution in [1.29, 1.82) is 0 Å². The van der Waals surface area contributed by atoms with Crippen LogP contribution in [-0.2, 0) is 36.8 Å². The van der Waals surface area contributed by atoms with E-state index in [0.717, 1.165) is 5.56 Å². The number of nitrogens with two attached hydrogens (primary N) is 1. The number of likely N-dealkylation sites (tertiary alicyclic amines) is 1. The summed E-state index contributed by atoms with van der Waals surface area (Å²) in [7, 11) is 0. The third kappa shape index (κ3) is 8.27. The average Bonchev–Trinajstić information content (AvgIpc) is 3.39. The Morgan fingerprint density at radius 1 is 0.897 bits per heavy atom. The molecule has 1 saturated heterocycles. The first-order chi connectivity index (χ1) is 18.5. The number of aliphatic carboxylic acids is 2. The van der Waals surface area contributed by atoms with Crippen LogP contribution in [0.3, 0.4) is 0 Å². The summed E-state index contributed by atoms with van der Waals surface area (Å²) in [6.45, 7) is 0.134. The van der Waals surface area contributed by atoms with Crippen molar-refractivity contribution in [3.8, 4) is 5.75 Å². The molecule has 208 valence electrons. The van der Waals surface area contributed by atoms with Crippen LogP contribution in [0.1, 0.15) is 30.4 Å². The number of carboxylic acid groups (broad SMARTS) is 2. The van der Waals surface area contributed by atoms with E-state index in [4.69, 9.17) is 5.73 Å². The van der Waals surface area contributed by atoms with Crippen LogP contribution in [0.4, 0.5) is 0 Å². The molecule has 2 aromatic carbocycles. The maximum Gasteiger partial charge on any atom is 0.326 e. The first kappa shape index (κ1) is 29.1. The maximum absolute atomic E-state index is 13.3. The second-order valence-corrected chi connectivity index (χ2v) is 9.41. The molecule has 0 aliphatic carbocycles. The molecule has 0 radical (unpaired) electrons. The Kier molecular flexibility index (Phi) is 9.98. The number of nitrogens with zero attached hydrogens (tertiary/aromatic N) is 1. The number of carboxylic acids is 2. The summed E-state index contributed by atoms with van der Waals surface area (Å²) in [6.07, 6.45) is 0.0727. The van der Waals surface area contributed by atoms with Crippen LogP contribution in [-0.4, -0.2) is 80.6 Å². The van der Waals surface area contributed by atoms with Crippen molar-refractivity contribution in [1.82, 2.24) is 15.5 Å². The summed E-state index contributed by atoms with van der Waals surface area (Å²) < 4.78 is 0. The maximum atomic E-state index is 13.3. The Bertz CT molecular complexity index is 1190. The fourth-order valence-corrected chi connectivity index (χ4v) is 4.45. The molecular formula is C27H32N4O8. The van der Waals surface area contributed by atoms with E-state index in [9.17, 15) is 39.3 Å². The molecule has 1 heterocycles. The normalized spacial score (nSPS) is 17.1. The van der Waals surface area contributed by atoms with E-state index < -0.39 is 60.2 Å². The van der Waals surface area contributed by atoms with Gasteiger partial charge in [0.15, 0.2) is 0 Å². The van der Waals surface area contributed by atoms with Crippen molar-refractivity contribution >= 4 is 29.7 Å². The van der Waals surface area contributed by atoms with Crippen LogP contribution < -0.4 is 16.4 Å². The van der Waals surface area contributed by atoms with E-state index in [2.05, 4.69) is 10.6 Å². The zero-order chi connectivity index (χ0) is 28.5. The molecule has 0 aromatic heterocycles. The number of phenols is 1. The number of carbonyl (C=O) groups is 5. The largest absolute Gasteiger partial charge is 0.508 e. The summed E-state index contributed by atoms with van der Waals surface area (Å²) in [5.74, 6) is -4.77. The molecule has 1 aliphatic heterocycles. The molecule has 2 aromatic rings. The highest BCUT2D eigenvalue weighted by molar-refractivity contribution is 5.96. The molecule has 4 atom stereocenters. The first-order valence-electron chi connectivity index (χ1n) is 12.5. The van der Waals surface area contributed by atoms with Gasteiger partial charge < -0.3 is 36.6 Å². The standard InChI is InChI=1S/C27H32N4O8/c28-19(13-16-5-2-1-3-6-16)24(35)29-20(15-23(33)34)26(37)31-12-4-7-22(31)25(36)30-21(27(38)39)14-17-8-10-18(32)11-9-17/h1-3,5-6,8-11,19-22,32H,4,7,12-15,28H2,(H,29,35)(H,30,36)(H,33,34)(H,38,39). The van der Waals surface area contributed by atoms with Crippen molar-refractivity contribution in [2.45, 2.75) is 56.3 Å². The zero-order valence-electron chi connectivity index (χ0n) is 21.2. The number of aromatic hydroxyl groups is 1. The first-order valence-corrected chi connectivity index (χ1v) is 12.5. The van der Waals surface area contributed by atoms with Crippen LogP contribution in [0.25, 0.3) is 0 Å². The molecule has 3 amide bonds. The van der Waals surface area contributed by atoms with E-state index in [1.54, 1.807) is 24.3 Å². The van der Waals surface area contributed by atoms with Crippen LogP contribution in [0, 0.1) is 0 Å². The summed E-state index contributed by atoms with van der Waals surface area (Å²) in [6, 6.07) is 9.98. The van der Waals surface area contributed by atoms with Gasteiger partial charge in [-0.1, -0.05) is 42.5 Å². The van der Waals surface area contributed by atoms with Crippen molar-refractivity contribution in [3.63, 3.8) is 0 Å². The molecule has 1 aliphatic rings. The second kappa shape index (κ2) is 13.4. The minimum atomic E-state index is -1.46. The predicted molar refractivity (Wildman–Crippen MR) is 138 cm³/mol. The Labute approximate surface area is 224 Å². The fourth-order valence-electron chi connectivity index (χ4n) is 4.45. The van der Waals surface area contributed by atoms with E-state index in [1.807, 2.05) is 6.07 Å². The number of hydrogen-bond acceptors (Lipinski definition) is 7. The van der Waals surface area contributed by atoms with Gasteiger partial charge in [-0.15, -0.1) is 0 Å². The molecule has 0 spiro atoms. The Hall–Kier alpha value is -4.45. The predicted octanol–water partition coefficient (Wildman–Crippen LogP) is 0.0246. The molecule has 7 N–H and O–H groups in total. The van der Waals surface area contributed by atoms with Crippen LogP contribution in [0.5, 0.6) is 5.75 Å². The van der Waals surface area contributed by atoms with Gasteiger partial charge in [0.05, 0.1) is 12.5 Å². The third-order valence-electron chi connectivity index (χ3n) is 6.46. The number of rotatable bonds is 12. The highest BCUT2D eigenvalue weighted by Crippen LogP contribution is 2.20. The Morgan fingerprint density at radius 3 is 2.15 bits per heavy atom. The lowest BCUT2D eigenvalue weighted by Crippen LogP contribution is -2.57. The van der Waals surface area contributed by atoms with E-state index in [1.165, 1.54) is 29.2 Å². The topological polar surface area (TPSA) is 199 Å². The zero-order valence-corrected chi connectivity index (χ0v) is 21.2. The summed E-state index contributed by atoms with van der Waals surface area (Å²) in [5, 5.41) is 33.3. The van der Waals surface area contributed by atoms with E-state index in [-0.39, 0.29) is 31.6 Å². The lowest BCUT2D eigenvalue weighted by molar-refractivity contribution is -0.147. The lowest BCUT2D eigenvalue weighted by Gasteiger charge is -2.29. The van der Waals surface area contributed by atoms with Gasteiger partial charge in [0, 0.05) is 13.0 Å². The molecule has 4 unspecified atom stereocenters. The molecule has 12 nitrogen and oxygen atoms in total. The number of carbonyl (C=O) groups excluding carboxylic acids is 3. The third-order valence-corrected chi connectivity index (χ3v) is 6.46. The van der Waals surface area contributed by atoms with Gasteiger partial charge in [-0.3, -0.25) is 19.2 Å². The van der Waals surface area contributed by atoms with Gasteiger partial charge in [-0.05, 0) is 42.5 Å². The fraction of sp³-hybridized carbons (Fsp3) is 0.370. The molecule has 39 heavy (non-hydrogen) atoms. The van der Waals surface area contributed by atoms with Gasteiger partial charge in [-0.25, -0.2) is 4.79 Å². The van der Waals surface area contributed by atoms with Crippen LogP contribution in [0.2, 0.25) is 0 Å². The number of hydrogen-bond donors (Lipinski definition) is 6. The monoisotopic (exact) mass is 540 g/mol. The SMILES string of the molecule is NC(Cc1ccccc1)C(=O)NC(CC(=O)O)C(=O)N1CCCC1C(=O)NC(Cc1ccc(O)cc1)C(=O)O.